The van der Waals surface area contributed by atoms with Crippen molar-refractivity contribution in [3.8, 4) is 11.5 Å². The summed E-state index contributed by atoms with van der Waals surface area (Å²) in [6, 6.07) is 3.98. The van der Waals surface area contributed by atoms with Crippen molar-refractivity contribution >= 4 is 21.8 Å². The van der Waals surface area contributed by atoms with Gasteiger partial charge in [-0.05, 0) is 38.7 Å². The van der Waals surface area contributed by atoms with Gasteiger partial charge in [0, 0.05) is 36.6 Å². The van der Waals surface area contributed by atoms with E-state index in [0.29, 0.717) is 6.61 Å². The van der Waals surface area contributed by atoms with E-state index in [1.54, 1.807) is 13.3 Å². The third-order valence-corrected chi connectivity index (χ3v) is 5.06. The van der Waals surface area contributed by atoms with Crippen molar-refractivity contribution in [2.75, 3.05) is 53.5 Å². The predicted octanol–water partition coefficient (Wildman–Crippen LogP) is 2.14. The monoisotopic (exact) mass is 355 g/mol. The molecule has 3 heterocycles. The van der Waals surface area contributed by atoms with E-state index < -0.39 is 0 Å². The van der Waals surface area contributed by atoms with Gasteiger partial charge < -0.3 is 14.4 Å². The number of likely N-dealkylation sites (N-methyl/N-ethyl adjacent to an activating group) is 1. The second-order valence-corrected chi connectivity index (χ2v) is 6.80. The second kappa shape index (κ2) is 7.47. The zero-order chi connectivity index (χ0) is 17.9. The van der Waals surface area contributed by atoms with Crippen LogP contribution in [-0.2, 0) is 0 Å². The number of ether oxygens (including phenoxy) is 2. The highest BCUT2D eigenvalue weighted by atomic mass is 16.5. The fourth-order valence-electron chi connectivity index (χ4n) is 3.58. The van der Waals surface area contributed by atoms with Crippen LogP contribution in [0.25, 0.3) is 21.8 Å². The summed E-state index contributed by atoms with van der Waals surface area (Å²) in [6.45, 7) is 6.08. The molecule has 0 saturated carbocycles. The smallest absolute Gasteiger partial charge is 0.169 e. The molecule has 7 heteroatoms. The summed E-state index contributed by atoms with van der Waals surface area (Å²) in [5, 5.41) is 9.95. The average Bonchev–Trinajstić information content (AvgIpc) is 3.05. The maximum Gasteiger partial charge on any atom is 0.169 e. The van der Waals surface area contributed by atoms with E-state index in [4.69, 9.17) is 9.47 Å². The normalized spacial score (nSPS) is 16.8. The number of rotatable bonds is 5. The number of hydrogen-bond acceptors (Lipinski definition) is 6. The minimum absolute atomic E-state index is 0.644. The molecule has 1 aliphatic rings. The number of nitrogens with zero attached hydrogens (tertiary/aromatic N) is 4. The topological polar surface area (TPSA) is 66.5 Å². The Hall–Kier alpha value is -2.38. The first-order valence-corrected chi connectivity index (χ1v) is 9.09. The zero-order valence-corrected chi connectivity index (χ0v) is 15.4. The van der Waals surface area contributed by atoms with Crippen LogP contribution in [0.15, 0.2) is 24.5 Å². The molecule has 0 unspecified atom stereocenters. The van der Waals surface area contributed by atoms with Gasteiger partial charge in [-0.15, -0.1) is 0 Å². The van der Waals surface area contributed by atoms with Gasteiger partial charge in [0.25, 0.3) is 0 Å². The molecule has 0 radical (unpaired) electrons. The Kier molecular flexibility index (Phi) is 4.90. The summed E-state index contributed by atoms with van der Waals surface area (Å²) in [7, 11) is 3.87. The van der Waals surface area contributed by atoms with Crippen LogP contribution in [0.4, 0.5) is 0 Å². The van der Waals surface area contributed by atoms with E-state index in [1.165, 1.54) is 13.0 Å². The molecule has 1 aliphatic heterocycles. The van der Waals surface area contributed by atoms with E-state index in [-0.39, 0.29) is 0 Å². The third-order valence-electron chi connectivity index (χ3n) is 5.06. The zero-order valence-electron chi connectivity index (χ0n) is 15.4. The lowest BCUT2D eigenvalue weighted by molar-refractivity contribution is 0.208. The Morgan fingerprint density at radius 1 is 1.15 bits per heavy atom. The van der Waals surface area contributed by atoms with Crippen molar-refractivity contribution in [1.29, 1.82) is 0 Å². The Labute approximate surface area is 152 Å². The molecule has 1 aromatic carbocycles. The molecular weight excluding hydrogens is 330 g/mol. The summed E-state index contributed by atoms with van der Waals surface area (Å²) in [5.74, 6) is 1.51. The van der Waals surface area contributed by atoms with Gasteiger partial charge in [-0.25, -0.2) is 4.98 Å². The van der Waals surface area contributed by atoms with Gasteiger partial charge >= 0.3 is 0 Å². The number of methoxy groups -OCH3 is 1. The lowest BCUT2D eigenvalue weighted by Gasteiger charge is -2.20. The fraction of sp³-hybridized carbons (Fsp3) is 0.474. The molecule has 0 aliphatic carbocycles. The summed E-state index contributed by atoms with van der Waals surface area (Å²) in [5.41, 5.74) is 0.752. The lowest BCUT2D eigenvalue weighted by Crippen LogP contribution is -2.32. The Balaban J connectivity index is 1.53. The number of benzene rings is 1. The van der Waals surface area contributed by atoms with Gasteiger partial charge in [0.15, 0.2) is 17.1 Å². The third kappa shape index (κ3) is 3.32. The Morgan fingerprint density at radius 2 is 2.08 bits per heavy atom. The molecule has 1 N–H and O–H groups in total. The van der Waals surface area contributed by atoms with Crippen LogP contribution < -0.4 is 9.47 Å². The minimum atomic E-state index is 0.644. The van der Waals surface area contributed by atoms with Gasteiger partial charge in [0.2, 0.25) is 0 Å². The molecule has 7 nitrogen and oxygen atoms in total. The van der Waals surface area contributed by atoms with Crippen LogP contribution in [0.2, 0.25) is 0 Å². The van der Waals surface area contributed by atoms with Gasteiger partial charge in [-0.2, -0.15) is 5.10 Å². The van der Waals surface area contributed by atoms with Crippen LogP contribution in [0.5, 0.6) is 11.5 Å². The first kappa shape index (κ1) is 17.1. The number of fused-ring (bicyclic) bond motifs is 3. The van der Waals surface area contributed by atoms with Crippen molar-refractivity contribution in [2.24, 2.45) is 0 Å². The molecule has 0 atom stereocenters. The number of H-pyrrole nitrogens is 1. The Bertz CT molecular complexity index is 894. The van der Waals surface area contributed by atoms with Crippen molar-refractivity contribution in [3.05, 3.63) is 24.5 Å². The van der Waals surface area contributed by atoms with Crippen LogP contribution in [-0.4, -0.2) is 78.5 Å². The van der Waals surface area contributed by atoms with Gasteiger partial charge in [0.05, 0.1) is 18.7 Å². The summed E-state index contributed by atoms with van der Waals surface area (Å²) in [6.07, 6.45) is 4.82. The van der Waals surface area contributed by atoms with E-state index in [9.17, 15) is 0 Å². The van der Waals surface area contributed by atoms with Crippen molar-refractivity contribution < 1.29 is 9.47 Å². The predicted molar refractivity (Wildman–Crippen MR) is 102 cm³/mol. The molecule has 3 aromatic rings. The first-order chi connectivity index (χ1) is 12.8. The highest BCUT2D eigenvalue weighted by Crippen LogP contribution is 2.38. The quantitative estimate of drug-likeness (QED) is 0.756. The van der Waals surface area contributed by atoms with E-state index in [0.717, 1.165) is 59.5 Å². The minimum Gasteiger partial charge on any atom is -0.492 e. The summed E-state index contributed by atoms with van der Waals surface area (Å²) in [4.78, 5) is 9.24. The highest BCUT2D eigenvalue weighted by molar-refractivity contribution is 6.08. The number of hydrogen-bond donors (Lipinski definition) is 1. The standard InChI is InChI=1S/C19H25N5O2/c1-23-6-3-7-24(9-8-23)10-11-26-16-5-4-14-12-20-19-15(13-21-22-19)17(14)18(16)25-2/h4-5,12-13H,3,6-11H2,1-2H3,(H,20,21,22). The van der Waals surface area contributed by atoms with Crippen LogP contribution in [0.1, 0.15) is 6.42 Å². The SMILES string of the molecule is COc1c(OCCN2CCCN(C)CC2)ccc2cnc3[nH]ncc3c12. The van der Waals surface area contributed by atoms with E-state index in [2.05, 4.69) is 32.0 Å². The number of aromatic nitrogens is 3. The fourth-order valence-corrected chi connectivity index (χ4v) is 3.58. The van der Waals surface area contributed by atoms with E-state index in [1.807, 2.05) is 18.3 Å². The number of aromatic amines is 1. The highest BCUT2D eigenvalue weighted by Gasteiger charge is 2.16. The van der Waals surface area contributed by atoms with Crippen LogP contribution in [0, 0.1) is 0 Å². The second-order valence-electron chi connectivity index (χ2n) is 6.80. The Morgan fingerprint density at radius 3 is 2.96 bits per heavy atom. The molecule has 2 aromatic heterocycles. The molecule has 1 saturated heterocycles. The number of nitrogens with one attached hydrogen (secondary N) is 1. The number of pyridine rings is 1. The van der Waals surface area contributed by atoms with Crippen LogP contribution >= 0.6 is 0 Å². The summed E-state index contributed by atoms with van der Waals surface area (Å²) < 4.78 is 11.8. The van der Waals surface area contributed by atoms with Gasteiger partial charge in [-0.1, -0.05) is 0 Å². The molecule has 0 spiro atoms. The van der Waals surface area contributed by atoms with Crippen molar-refractivity contribution in [1.82, 2.24) is 25.0 Å². The maximum absolute atomic E-state index is 6.10. The first-order valence-electron chi connectivity index (χ1n) is 9.09. The van der Waals surface area contributed by atoms with Gasteiger partial charge in [0.1, 0.15) is 6.61 Å². The van der Waals surface area contributed by atoms with E-state index >= 15 is 0 Å². The molecule has 0 amide bonds. The molecule has 1 fully saturated rings. The van der Waals surface area contributed by atoms with Crippen molar-refractivity contribution in [2.45, 2.75) is 6.42 Å². The van der Waals surface area contributed by atoms with Crippen LogP contribution in [0.3, 0.4) is 0 Å². The average molecular weight is 355 g/mol. The molecular formula is C19H25N5O2. The molecule has 0 bridgehead atoms. The molecule has 26 heavy (non-hydrogen) atoms. The van der Waals surface area contributed by atoms with Crippen molar-refractivity contribution in [3.63, 3.8) is 0 Å². The summed E-state index contributed by atoms with van der Waals surface area (Å²) >= 11 is 0. The maximum atomic E-state index is 6.10. The molecule has 138 valence electrons. The molecule has 4 rings (SSSR count). The largest absolute Gasteiger partial charge is 0.492 e. The lowest BCUT2D eigenvalue weighted by atomic mass is 10.1. The van der Waals surface area contributed by atoms with Gasteiger partial charge in [-0.3, -0.25) is 10.00 Å².